The molecule has 148 valence electrons. The number of ether oxygens (including phenoxy) is 2. The third kappa shape index (κ3) is 4.92. The van der Waals surface area contributed by atoms with Crippen molar-refractivity contribution in [3.8, 4) is 5.75 Å². The van der Waals surface area contributed by atoms with Gasteiger partial charge in [-0.2, -0.15) is 0 Å². The number of esters is 1. The highest BCUT2D eigenvalue weighted by atomic mass is 35.5. The number of halogens is 1. The van der Waals surface area contributed by atoms with E-state index in [0.29, 0.717) is 22.5 Å². The van der Waals surface area contributed by atoms with Crippen molar-refractivity contribution >= 4 is 35.0 Å². The van der Waals surface area contributed by atoms with Crippen LogP contribution in [0.25, 0.3) is 0 Å². The topological polar surface area (TPSA) is 89.5 Å². The van der Waals surface area contributed by atoms with E-state index in [9.17, 15) is 9.59 Å². The van der Waals surface area contributed by atoms with Gasteiger partial charge in [0.15, 0.2) is 6.10 Å². The molecule has 1 aliphatic rings. The molecule has 2 aromatic rings. The van der Waals surface area contributed by atoms with Gasteiger partial charge in [0.25, 0.3) is 5.91 Å². The van der Waals surface area contributed by atoms with E-state index in [4.69, 9.17) is 21.1 Å². The molecule has 2 N–H and O–H groups in total. The van der Waals surface area contributed by atoms with E-state index in [1.165, 1.54) is 20.2 Å². The summed E-state index contributed by atoms with van der Waals surface area (Å²) in [6.07, 6.45) is 2.70. The maximum Gasteiger partial charge on any atom is 0.340 e. The van der Waals surface area contributed by atoms with Crippen LogP contribution in [0.1, 0.15) is 35.7 Å². The fourth-order valence-corrected chi connectivity index (χ4v) is 2.64. The molecular formula is C20H22ClN3O4. The van der Waals surface area contributed by atoms with Crippen LogP contribution in [-0.4, -0.2) is 36.1 Å². The molecule has 1 saturated carbocycles. The molecule has 1 amide bonds. The molecule has 28 heavy (non-hydrogen) atoms. The maximum absolute atomic E-state index is 12.4. The molecule has 1 aliphatic carbocycles. The number of pyridine rings is 1. The Hall–Kier alpha value is -2.80. The van der Waals surface area contributed by atoms with E-state index in [2.05, 4.69) is 15.6 Å². The summed E-state index contributed by atoms with van der Waals surface area (Å²) in [7, 11) is 1.48. The molecule has 0 aliphatic heterocycles. The summed E-state index contributed by atoms with van der Waals surface area (Å²) in [4.78, 5) is 28.9. The van der Waals surface area contributed by atoms with Gasteiger partial charge in [-0.3, -0.25) is 4.79 Å². The molecule has 1 heterocycles. The number of anilines is 2. The fourth-order valence-electron chi connectivity index (χ4n) is 2.48. The van der Waals surface area contributed by atoms with Crippen molar-refractivity contribution in [1.29, 1.82) is 0 Å². The Bertz CT molecular complexity index is 882. The van der Waals surface area contributed by atoms with Crippen LogP contribution in [0.5, 0.6) is 5.75 Å². The molecule has 1 unspecified atom stereocenters. The molecule has 1 atom stereocenters. The molecular weight excluding hydrogens is 382 g/mol. The van der Waals surface area contributed by atoms with Gasteiger partial charge < -0.3 is 20.1 Å². The van der Waals surface area contributed by atoms with E-state index >= 15 is 0 Å². The zero-order chi connectivity index (χ0) is 20.3. The molecule has 0 bridgehead atoms. The van der Waals surface area contributed by atoms with Crippen molar-refractivity contribution in [2.45, 2.75) is 38.8 Å². The number of methoxy groups -OCH3 is 1. The molecule has 8 heteroatoms. The van der Waals surface area contributed by atoms with E-state index in [1.54, 1.807) is 24.3 Å². The third-order valence-corrected chi connectivity index (χ3v) is 4.73. The van der Waals surface area contributed by atoms with E-state index in [0.717, 1.165) is 24.2 Å². The fraction of sp³-hybridized carbons (Fsp3) is 0.350. The van der Waals surface area contributed by atoms with Gasteiger partial charge in [0.05, 0.1) is 18.4 Å². The number of carbonyl (C=O) groups is 2. The lowest BCUT2D eigenvalue weighted by atomic mass is 10.2. The minimum absolute atomic E-state index is 0.279. The second kappa shape index (κ2) is 8.48. The quantitative estimate of drug-likeness (QED) is 0.683. The van der Waals surface area contributed by atoms with Crippen LogP contribution in [0.15, 0.2) is 30.5 Å². The van der Waals surface area contributed by atoms with Crippen LogP contribution in [0, 0.1) is 6.92 Å². The van der Waals surface area contributed by atoms with Gasteiger partial charge in [-0.1, -0.05) is 11.6 Å². The van der Waals surface area contributed by atoms with Crippen molar-refractivity contribution in [2.75, 3.05) is 17.7 Å². The van der Waals surface area contributed by atoms with Crippen molar-refractivity contribution in [3.63, 3.8) is 0 Å². The molecule has 1 fully saturated rings. The number of aromatic nitrogens is 1. The van der Waals surface area contributed by atoms with Gasteiger partial charge >= 0.3 is 5.97 Å². The molecule has 3 rings (SSSR count). The summed E-state index contributed by atoms with van der Waals surface area (Å²) < 4.78 is 10.5. The highest BCUT2D eigenvalue weighted by Crippen LogP contribution is 2.31. The number of carbonyl (C=O) groups excluding carboxylic acids is 2. The maximum atomic E-state index is 12.4. The number of amides is 1. The van der Waals surface area contributed by atoms with E-state index < -0.39 is 18.0 Å². The van der Waals surface area contributed by atoms with E-state index in [-0.39, 0.29) is 5.56 Å². The summed E-state index contributed by atoms with van der Waals surface area (Å²) in [5, 5.41) is 6.47. The second-order valence-corrected chi connectivity index (χ2v) is 7.10. The lowest BCUT2D eigenvalue weighted by Crippen LogP contribution is -2.30. The largest absolute Gasteiger partial charge is 0.495 e. The Morgan fingerprint density at radius 2 is 2.04 bits per heavy atom. The van der Waals surface area contributed by atoms with Crippen LogP contribution in [0.4, 0.5) is 11.5 Å². The van der Waals surface area contributed by atoms with Gasteiger partial charge in [-0.05, 0) is 50.5 Å². The average molecular weight is 404 g/mol. The Balaban J connectivity index is 1.60. The predicted octanol–water partition coefficient (Wildman–Crippen LogP) is 3.81. The first-order valence-corrected chi connectivity index (χ1v) is 9.33. The molecule has 1 aromatic carbocycles. The van der Waals surface area contributed by atoms with Crippen molar-refractivity contribution in [3.05, 3.63) is 46.6 Å². The minimum Gasteiger partial charge on any atom is -0.495 e. The summed E-state index contributed by atoms with van der Waals surface area (Å²) in [5.74, 6) is 0.0428. The van der Waals surface area contributed by atoms with Gasteiger partial charge in [0.1, 0.15) is 11.6 Å². The van der Waals surface area contributed by atoms with Gasteiger partial charge in [0, 0.05) is 23.3 Å². The molecule has 0 saturated heterocycles. The van der Waals surface area contributed by atoms with E-state index in [1.807, 2.05) is 6.92 Å². The first kappa shape index (κ1) is 19.9. The second-order valence-electron chi connectivity index (χ2n) is 6.69. The molecule has 7 nitrogen and oxygen atoms in total. The van der Waals surface area contributed by atoms with Crippen LogP contribution in [-0.2, 0) is 9.53 Å². The number of hydrogen-bond donors (Lipinski definition) is 2. The predicted molar refractivity (Wildman–Crippen MR) is 107 cm³/mol. The minimum atomic E-state index is -1.00. The Morgan fingerprint density at radius 3 is 2.64 bits per heavy atom. The first-order valence-electron chi connectivity index (χ1n) is 8.96. The van der Waals surface area contributed by atoms with Crippen molar-refractivity contribution < 1.29 is 19.1 Å². The summed E-state index contributed by atoms with van der Waals surface area (Å²) in [5.41, 5.74) is 1.52. The standard InChI is InChI=1S/C20H22ClN3O4/c1-11-8-16(17(27-3)9-15(11)21)24-19(25)12(2)28-20(26)13-4-7-18(22-10-13)23-14-5-6-14/h4,7-10,12,14H,5-6H2,1-3H3,(H,22,23)(H,24,25). The van der Waals surface area contributed by atoms with Crippen molar-refractivity contribution in [2.24, 2.45) is 0 Å². The molecule has 0 radical (unpaired) electrons. The monoisotopic (exact) mass is 403 g/mol. The Kier molecular flexibility index (Phi) is 6.04. The highest BCUT2D eigenvalue weighted by molar-refractivity contribution is 6.31. The summed E-state index contributed by atoms with van der Waals surface area (Å²) >= 11 is 6.07. The van der Waals surface area contributed by atoms with Gasteiger partial charge in [0.2, 0.25) is 0 Å². The normalized spacial score (nSPS) is 14.1. The smallest absolute Gasteiger partial charge is 0.340 e. The highest BCUT2D eigenvalue weighted by Gasteiger charge is 2.23. The third-order valence-electron chi connectivity index (χ3n) is 4.32. The Labute approximate surface area is 168 Å². The first-order chi connectivity index (χ1) is 13.4. The van der Waals surface area contributed by atoms with Crippen molar-refractivity contribution in [1.82, 2.24) is 4.98 Å². The average Bonchev–Trinajstić information content (AvgIpc) is 3.48. The zero-order valence-corrected chi connectivity index (χ0v) is 16.7. The van der Waals surface area contributed by atoms with Crippen LogP contribution < -0.4 is 15.4 Å². The van der Waals surface area contributed by atoms with Crippen LogP contribution >= 0.6 is 11.6 Å². The van der Waals surface area contributed by atoms with Gasteiger partial charge in [-0.15, -0.1) is 0 Å². The lowest BCUT2D eigenvalue weighted by Gasteiger charge is -2.16. The SMILES string of the molecule is COc1cc(Cl)c(C)cc1NC(=O)C(C)OC(=O)c1ccc(NC2CC2)nc1. The molecule has 0 spiro atoms. The lowest BCUT2D eigenvalue weighted by molar-refractivity contribution is -0.123. The molecule has 1 aromatic heterocycles. The summed E-state index contributed by atoms with van der Waals surface area (Å²) in [6.45, 7) is 3.31. The number of hydrogen-bond acceptors (Lipinski definition) is 6. The zero-order valence-electron chi connectivity index (χ0n) is 15.9. The Morgan fingerprint density at radius 1 is 1.29 bits per heavy atom. The van der Waals surface area contributed by atoms with Gasteiger partial charge in [-0.25, -0.2) is 9.78 Å². The summed E-state index contributed by atoms with van der Waals surface area (Å²) in [6, 6.07) is 7.13. The number of nitrogens with one attached hydrogen (secondary N) is 2. The number of rotatable bonds is 7. The number of aryl methyl sites for hydroxylation is 1. The number of benzene rings is 1. The van der Waals surface area contributed by atoms with Crippen LogP contribution in [0.3, 0.4) is 0 Å². The number of nitrogens with zero attached hydrogens (tertiary/aromatic N) is 1. The van der Waals surface area contributed by atoms with Crippen LogP contribution in [0.2, 0.25) is 5.02 Å².